The molecule has 1 aliphatic heterocycles. The zero-order chi connectivity index (χ0) is 13.9. The smallest absolute Gasteiger partial charge is 0.122 e. The Morgan fingerprint density at radius 3 is 2.85 bits per heavy atom. The van der Waals surface area contributed by atoms with Gasteiger partial charge in [0, 0.05) is 16.5 Å². The summed E-state index contributed by atoms with van der Waals surface area (Å²) < 4.78 is 5.75. The molecule has 0 bridgehead atoms. The van der Waals surface area contributed by atoms with E-state index in [1.54, 1.807) is 0 Å². The normalized spacial score (nSPS) is 18.4. The summed E-state index contributed by atoms with van der Waals surface area (Å²) in [5.74, 6) is 1.74. The summed E-state index contributed by atoms with van der Waals surface area (Å²) in [5.41, 5.74) is 8.48. The molecule has 104 valence electrons. The zero-order valence-electron chi connectivity index (χ0n) is 11.3. The van der Waals surface area contributed by atoms with Gasteiger partial charge in [-0.05, 0) is 42.6 Å². The lowest BCUT2D eigenvalue weighted by Crippen LogP contribution is -2.16. The average Bonchev–Trinajstić information content (AvgIpc) is 2.88. The summed E-state index contributed by atoms with van der Waals surface area (Å²) >= 11 is 6.08. The standard InChI is InChI=1S/C17H18ClNO/c18-15-5-3-4-12(9-15)13(10-19)8-14-11-20-17-7-2-1-6-16(14)17/h1-7,9,13-14H,8,10-11,19H2. The van der Waals surface area contributed by atoms with Gasteiger partial charge in [0.1, 0.15) is 5.75 Å². The van der Waals surface area contributed by atoms with Crippen molar-refractivity contribution < 1.29 is 4.74 Å². The molecule has 0 fully saturated rings. The van der Waals surface area contributed by atoms with Gasteiger partial charge in [-0.1, -0.05) is 41.9 Å². The number of ether oxygens (including phenoxy) is 1. The summed E-state index contributed by atoms with van der Waals surface area (Å²) in [6, 6.07) is 16.3. The largest absolute Gasteiger partial charge is 0.493 e. The Morgan fingerprint density at radius 2 is 2.05 bits per heavy atom. The molecule has 0 aliphatic carbocycles. The third-order valence-corrected chi connectivity index (χ3v) is 4.21. The van der Waals surface area contributed by atoms with E-state index < -0.39 is 0 Å². The van der Waals surface area contributed by atoms with E-state index >= 15 is 0 Å². The molecule has 2 N–H and O–H groups in total. The first-order valence-electron chi connectivity index (χ1n) is 6.95. The predicted octanol–water partition coefficient (Wildman–Crippen LogP) is 3.95. The summed E-state index contributed by atoms with van der Waals surface area (Å²) in [5, 5.41) is 0.768. The third-order valence-electron chi connectivity index (χ3n) is 3.97. The molecule has 20 heavy (non-hydrogen) atoms. The van der Waals surface area contributed by atoms with Crippen LogP contribution in [0.2, 0.25) is 5.02 Å². The monoisotopic (exact) mass is 287 g/mol. The highest BCUT2D eigenvalue weighted by atomic mass is 35.5. The van der Waals surface area contributed by atoms with Gasteiger partial charge in [-0.25, -0.2) is 0 Å². The zero-order valence-corrected chi connectivity index (χ0v) is 12.0. The van der Waals surface area contributed by atoms with E-state index in [1.807, 2.05) is 30.3 Å². The van der Waals surface area contributed by atoms with Crippen molar-refractivity contribution in [2.75, 3.05) is 13.2 Å². The van der Waals surface area contributed by atoms with Crippen LogP contribution in [0, 0.1) is 0 Å². The fourth-order valence-electron chi connectivity index (χ4n) is 2.90. The SMILES string of the molecule is NCC(CC1COc2ccccc21)c1cccc(Cl)c1. The van der Waals surface area contributed by atoms with E-state index in [-0.39, 0.29) is 0 Å². The molecule has 3 rings (SSSR count). The Balaban J connectivity index is 1.80. The van der Waals surface area contributed by atoms with Gasteiger partial charge in [-0.3, -0.25) is 0 Å². The van der Waals surface area contributed by atoms with E-state index in [4.69, 9.17) is 22.1 Å². The molecule has 0 aromatic heterocycles. The molecule has 0 saturated heterocycles. The Bertz CT molecular complexity index is 599. The molecule has 3 heteroatoms. The minimum Gasteiger partial charge on any atom is -0.493 e. The first-order valence-corrected chi connectivity index (χ1v) is 7.33. The summed E-state index contributed by atoms with van der Waals surface area (Å²) in [4.78, 5) is 0. The number of para-hydroxylation sites is 1. The number of hydrogen-bond donors (Lipinski definition) is 1. The molecule has 2 nitrogen and oxygen atoms in total. The molecule has 0 saturated carbocycles. The fourth-order valence-corrected chi connectivity index (χ4v) is 3.10. The molecule has 1 heterocycles. The van der Waals surface area contributed by atoms with Gasteiger partial charge >= 0.3 is 0 Å². The van der Waals surface area contributed by atoms with E-state index in [1.165, 1.54) is 11.1 Å². The third kappa shape index (κ3) is 2.67. The number of nitrogens with two attached hydrogens (primary N) is 1. The van der Waals surface area contributed by atoms with Gasteiger partial charge in [-0.2, -0.15) is 0 Å². The molecule has 2 unspecified atom stereocenters. The average molecular weight is 288 g/mol. The van der Waals surface area contributed by atoms with Crippen LogP contribution in [0.15, 0.2) is 48.5 Å². The highest BCUT2D eigenvalue weighted by molar-refractivity contribution is 6.30. The van der Waals surface area contributed by atoms with Crippen molar-refractivity contribution in [1.82, 2.24) is 0 Å². The van der Waals surface area contributed by atoms with Crippen LogP contribution in [0.3, 0.4) is 0 Å². The van der Waals surface area contributed by atoms with Crippen LogP contribution in [-0.4, -0.2) is 13.2 Å². The van der Waals surface area contributed by atoms with Gasteiger partial charge in [0.05, 0.1) is 6.61 Å². The van der Waals surface area contributed by atoms with Crippen molar-refractivity contribution in [3.05, 3.63) is 64.7 Å². The number of fused-ring (bicyclic) bond motifs is 1. The van der Waals surface area contributed by atoms with Crippen molar-refractivity contribution in [3.8, 4) is 5.75 Å². The van der Waals surface area contributed by atoms with E-state index in [9.17, 15) is 0 Å². The summed E-state index contributed by atoms with van der Waals surface area (Å²) in [6.07, 6.45) is 0.994. The van der Waals surface area contributed by atoms with Crippen LogP contribution in [0.5, 0.6) is 5.75 Å². The maximum atomic E-state index is 6.08. The second-order valence-corrected chi connectivity index (χ2v) is 5.71. The van der Waals surface area contributed by atoms with Gasteiger partial charge < -0.3 is 10.5 Å². The molecular weight excluding hydrogens is 270 g/mol. The van der Waals surface area contributed by atoms with Crippen LogP contribution in [0.25, 0.3) is 0 Å². The second-order valence-electron chi connectivity index (χ2n) is 5.27. The molecule has 0 amide bonds. The van der Waals surface area contributed by atoms with Gasteiger partial charge in [-0.15, -0.1) is 0 Å². The van der Waals surface area contributed by atoms with Crippen molar-refractivity contribution in [2.45, 2.75) is 18.3 Å². The summed E-state index contributed by atoms with van der Waals surface area (Å²) in [7, 11) is 0. The number of rotatable bonds is 4. The predicted molar refractivity (Wildman–Crippen MR) is 82.5 cm³/mol. The fraction of sp³-hybridized carbons (Fsp3) is 0.294. The molecular formula is C17H18ClNO. The Labute approximate surface area is 124 Å². The Hall–Kier alpha value is -1.51. The highest BCUT2D eigenvalue weighted by Crippen LogP contribution is 2.39. The highest BCUT2D eigenvalue weighted by Gasteiger charge is 2.26. The van der Waals surface area contributed by atoms with Crippen LogP contribution in [-0.2, 0) is 0 Å². The minimum absolute atomic E-state index is 0.313. The maximum absolute atomic E-state index is 6.08. The molecule has 2 atom stereocenters. The van der Waals surface area contributed by atoms with Crippen molar-refractivity contribution in [3.63, 3.8) is 0 Å². The van der Waals surface area contributed by atoms with Crippen LogP contribution in [0.1, 0.15) is 29.4 Å². The van der Waals surface area contributed by atoms with E-state index in [0.29, 0.717) is 18.4 Å². The number of hydrogen-bond acceptors (Lipinski definition) is 2. The first kappa shape index (κ1) is 13.5. The lowest BCUT2D eigenvalue weighted by atomic mass is 9.86. The molecule has 0 radical (unpaired) electrons. The van der Waals surface area contributed by atoms with E-state index in [0.717, 1.165) is 23.8 Å². The molecule has 1 aliphatic rings. The number of benzene rings is 2. The van der Waals surface area contributed by atoms with Crippen molar-refractivity contribution >= 4 is 11.6 Å². The quantitative estimate of drug-likeness (QED) is 0.924. The van der Waals surface area contributed by atoms with Gasteiger partial charge in [0.25, 0.3) is 0 Å². The lowest BCUT2D eigenvalue weighted by molar-refractivity contribution is 0.319. The van der Waals surface area contributed by atoms with Crippen LogP contribution >= 0.6 is 11.6 Å². The van der Waals surface area contributed by atoms with Gasteiger partial charge in [0.2, 0.25) is 0 Å². The minimum atomic E-state index is 0.313. The lowest BCUT2D eigenvalue weighted by Gasteiger charge is -2.19. The van der Waals surface area contributed by atoms with Crippen LogP contribution in [0.4, 0.5) is 0 Å². The van der Waals surface area contributed by atoms with Crippen molar-refractivity contribution in [2.24, 2.45) is 5.73 Å². The van der Waals surface area contributed by atoms with Crippen LogP contribution < -0.4 is 10.5 Å². The molecule has 2 aromatic carbocycles. The van der Waals surface area contributed by atoms with Gasteiger partial charge in [0.15, 0.2) is 0 Å². The molecule has 0 spiro atoms. The van der Waals surface area contributed by atoms with E-state index in [2.05, 4.69) is 18.2 Å². The molecule has 2 aromatic rings. The maximum Gasteiger partial charge on any atom is 0.122 e. The number of halogens is 1. The van der Waals surface area contributed by atoms with Crippen molar-refractivity contribution in [1.29, 1.82) is 0 Å². The first-order chi connectivity index (χ1) is 9.78. The second kappa shape index (κ2) is 5.86. The Kier molecular flexibility index (Phi) is 3.95. The summed E-state index contributed by atoms with van der Waals surface area (Å²) in [6.45, 7) is 1.37. The Morgan fingerprint density at radius 1 is 1.20 bits per heavy atom. The topological polar surface area (TPSA) is 35.2 Å².